The molecule has 1 N–H and O–H groups in total. The smallest absolute Gasteiger partial charge is 0.255 e. The molecule has 4 rings (SSSR count). The summed E-state index contributed by atoms with van der Waals surface area (Å²) in [6, 6.07) is 29.1. The molecule has 0 amide bonds. The molecule has 4 heteroatoms. The average molecular weight is 366 g/mol. The molecule has 1 aromatic heterocycles. The standard InChI is InChI=1S/C24H18N2O2/c27-22-16-7-8-17-26(22)21-15-9-14-20(24(28)18-10-3-1-4-11-18)23(21)25-19-12-5-2-6-13-19/h1-17,25H. The van der Waals surface area contributed by atoms with Gasteiger partial charge in [0.15, 0.2) is 5.78 Å². The largest absolute Gasteiger partial charge is 0.353 e. The zero-order chi connectivity index (χ0) is 19.3. The van der Waals surface area contributed by atoms with Crippen molar-refractivity contribution < 1.29 is 4.79 Å². The minimum atomic E-state index is -0.164. The van der Waals surface area contributed by atoms with E-state index in [1.54, 1.807) is 42.6 Å². The second-order valence-corrected chi connectivity index (χ2v) is 6.29. The van der Waals surface area contributed by atoms with E-state index in [4.69, 9.17) is 0 Å². The van der Waals surface area contributed by atoms with Crippen LogP contribution in [-0.4, -0.2) is 10.4 Å². The topological polar surface area (TPSA) is 51.1 Å². The van der Waals surface area contributed by atoms with Crippen molar-refractivity contribution in [2.75, 3.05) is 5.32 Å². The number of aromatic nitrogens is 1. The lowest BCUT2D eigenvalue weighted by Gasteiger charge is -2.17. The first-order chi connectivity index (χ1) is 13.7. The molecule has 136 valence electrons. The van der Waals surface area contributed by atoms with Gasteiger partial charge in [-0.2, -0.15) is 0 Å². The third-order valence-corrected chi connectivity index (χ3v) is 4.45. The summed E-state index contributed by atoms with van der Waals surface area (Å²) in [5.74, 6) is -0.107. The van der Waals surface area contributed by atoms with E-state index in [2.05, 4.69) is 5.32 Å². The van der Waals surface area contributed by atoms with Crippen LogP contribution in [0.2, 0.25) is 0 Å². The van der Waals surface area contributed by atoms with Gasteiger partial charge in [0, 0.05) is 29.1 Å². The van der Waals surface area contributed by atoms with Crippen LogP contribution in [0.25, 0.3) is 5.69 Å². The summed E-state index contributed by atoms with van der Waals surface area (Å²) in [7, 11) is 0. The number of carbonyl (C=O) groups excluding carboxylic acids is 1. The van der Waals surface area contributed by atoms with Crippen molar-refractivity contribution in [1.82, 2.24) is 4.57 Å². The molecule has 4 aromatic rings. The highest BCUT2D eigenvalue weighted by molar-refractivity contribution is 6.13. The number of para-hydroxylation sites is 2. The van der Waals surface area contributed by atoms with Gasteiger partial charge >= 0.3 is 0 Å². The van der Waals surface area contributed by atoms with Gasteiger partial charge in [-0.05, 0) is 30.3 Å². The maximum atomic E-state index is 13.2. The van der Waals surface area contributed by atoms with E-state index < -0.39 is 0 Å². The van der Waals surface area contributed by atoms with Gasteiger partial charge in [0.1, 0.15) is 0 Å². The maximum absolute atomic E-state index is 13.2. The third kappa shape index (κ3) is 3.48. The van der Waals surface area contributed by atoms with Crippen LogP contribution < -0.4 is 10.9 Å². The molecule has 0 aliphatic heterocycles. The van der Waals surface area contributed by atoms with Gasteiger partial charge in [-0.15, -0.1) is 0 Å². The number of hydrogen-bond donors (Lipinski definition) is 1. The van der Waals surface area contributed by atoms with Crippen LogP contribution in [0.15, 0.2) is 108 Å². The Labute approximate surface area is 162 Å². The molecule has 0 unspecified atom stereocenters. The highest BCUT2D eigenvalue weighted by Gasteiger charge is 2.18. The molecule has 0 atom stereocenters. The fourth-order valence-corrected chi connectivity index (χ4v) is 3.10. The molecule has 1 heterocycles. The Kier molecular flexibility index (Phi) is 4.85. The van der Waals surface area contributed by atoms with Crippen LogP contribution in [0, 0.1) is 0 Å². The minimum Gasteiger partial charge on any atom is -0.353 e. The molecule has 0 saturated carbocycles. The van der Waals surface area contributed by atoms with Gasteiger partial charge in [0.2, 0.25) is 0 Å². The third-order valence-electron chi connectivity index (χ3n) is 4.45. The van der Waals surface area contributed by atoms with E-state index >= 15 is 0 Å². The van der Waals surface area contributed by atoms with Crippen LogP contribution >= 0.6 is 0 Å². The summed E-state index contributed by atoms with van der Waals surface area (Å²) in [4.78, 5) is 25.6. The molecule has 0 spiro atoms. The second kappa shape index (κ2) is 7.76. The summed E-state index contributed by atoms with van der Waals surface area (Å²) in [6.07, 6.45) is 1.70. The predicted molar refractivity (Wildman–Crippen MR) is 112 cm³/mol. The van der Waals surface area contributed by atoms with E-state index in [0.717, 1.165) is 5.69 Å². The first-order valence-electron chi connectivity index (χ1n) is 8.97. The van der Waals surface area contributed by atoms with Crippen LogP contribution in [-0.2, 0) is 0 Å². The zero-order valence-corrected chi connectivity index (χ0v) is 15.1. The molecule has 0 bridgehead atoms. The number of hydrogen-bond acceptors (Lipinski definition) is 3. The number of anilines is 2. The van der Waals surface area contributed by atoms with Crippen LogP contribution in [0.5, 0.6) is 0 Å². The molecule has 0 fully saturated rings. The molecule has 3 aromatic carbocycles. The second-order valence-electron chi connectivity index (χ2n) is 6.29. The van der Waals surface area contributed by atoms with Crippen LogP contribution in [0.3, 0.4) is 0 Å². The van der Waals surface area contributed by atoms with Gasteiger partial charge in [0.25, 0.3) is 5.56 Å². The maximum Gasteiger partial charge on any atom is 0.255 e. The van der Waals surface area contributed by atoms with Crippen molar-refractivity contribution in [3.05, 3.63) is 125 Å². The first kappa shape index (κ1) is 17.5. The number of benzene rings is 3. The normalized spacial score (nSPS) is 10.4. The van der Waals surface area contributed by atoms with E-state index in [-0.39, 0.29) is 11.3 Å². The Morgan fingerprint density at radius 2 is 1.39 bits per heavy atom. The lowest BCUT2D eigenvalue weighted by molar-refractivity contribution is 0.103. The number of rotatable bonds is 5. The molecule has 0 aliphatic rings. The predicted octanol–water partition coefficient (Wildman–Crippen LogP) is 4.81. The Morgan fingerprint density at radius 3 is 2.11 bits per heavy atom. The molecule has 0 radical (unpaired) electrons. The van der Waals surface area contributed by atoms with Crippen molar-refractivity contribution in [2.45, 2.75) is 0 Å². The van der Waals surface area contributed by atoms with Crippen molar-refractivity contribution in [3.8, 4) is 5.69 Å². The van der Waals surface area contributed by atoms with Crippen molar-refractivity contribution >= 4 is 17.2 Å². The van der Waals surface area contributed by atoms with E-state index in [9.17, 15) is 9.59 Å². The van der Waals surface area contributed by atoms with E-state index in [1.165, 1.54) is 10.6 Å². The Bertz CT molecular complexity index is 1170. The highest BCUT2D eigenvalue weighted by atomic mass is 16.1. The van der Waals surface area contributed by atoms with Crippen molar-refractivity contribution in [3.63, 3.8) is 0 Å². The fourth-order valence-electron chi connectivity index (χ4n) is 3.10. The highest BCUT2D eigenvalue weighted by Crippen LogP contribution is 2.29. The fraction of sp³-hybridized carbons (Fsp3) is 0. The SMILES string of the molecule is O=C(c1ccccc1)c1cccc(-n2ccccc2=O)c1Nc1ccccc1. The van der Waals surface area contributed by atoms with Crippen LogP contribution in [0.1, 0.15) is 15.9 Å². The monoisotopic (exact) mass is 366 g/mol. The summed E-state index contributed by atoms with van der Waals surface area (Å²) < 4.78 is 1.53. The van der Waals surface area contributed by atoms with E-state index in [1.807, 2.05) is 54.6 Å². The molecule has 0 saturated heterocycles. The van der Waals surface area contributed by atoms with Gasteiger partial charge < -0.3 is 5.32 Å². The molecular weight excluding hydrogens is 348 g/mol. The molecule has 28 heavy (non-hydrogen) atoms. The Balaban J connectivity index is 1.91. The number of ketones is 1. The zero-order valence-electron chi connectivity index (χ0n) is 15.1. The molecule has 4 nitrogen and oxygen atoms in total. The van der Waals surface area contributed by atoms with Crippen molar-refractivity contribution in [1.29, 1.82) is 0 Å². The lowest BCUT2D eigenvalue weighted by Crippen LogP contribution is -2.18. The van der Waals surface area contributed by atoms with E-state index in [0.29, 0.717) is 22.5 Å². The summed E-state index contributed by atoms with van der Waals surface area (Å²) in [5.41, 5.74) is 2.98. The summed E-state index contributed by atoms with van der Waals surface area (Å²) in [5, 5.41) is 3.34. The Morgan fingerprint density at radius 1 is 0.714 bits per heavy atom. The van der Waals surface area contributed by atoms with Crippen LogP contribution in [0.4, 0.5) is 11.4 Å². The lowest BCUT2D eigenvalue weighted by atomic mass is 10.00. The first-order valence-corrected chi connectivity index (χ1v) is 8.97. The molecule has 0 aliphatic carbocycles. The number of pyridine rings is 1. The Hall–Kier alpha value is -3.92. The van der Waals surface area contributed by atoms with Gasteiger partial charge in [-0.1, -0.05) is 60.7 Å². The average Bonchev–Trinajstić information content (AvgIpc) is 2.75. The number of nitrogens with zero attached hydrogens (tertiary/aromatic N) is 1. The van der Waals surface area contributed by atoms with Crippen molar-refractivity contribution in [2.24, 2.45) is 0 Å². The summed E-state index contributed by atoms with van der Waals surface area (Å²) in [6.45, 7) is 0. The summed E-state index contributed by atoms with van der Waals surface area (Å²) >= 11 is 0. The molecular formula is C24H18N2O2. The van der Waals surface area contributed by atoms with Gasteiger partial charge in [-0.3, -0.25) is 14.2 Å². The minimum absolute atomic E-state index is 0.107. The number of carbonyl (C=O) groups is 1. The van der Waals surface area contributed by atoms with Gasteiger partial charge in [0.05, 0.1) is 11.4 Å². The quantitative estimate of drug-likeness (QED) is 0.516. The number of nitrogens with one attached hydrogen (secondary N) is 1. The van der Waals surface area contributed by atoms with Gasteiger partial charge in [-0.25, -0.2) is 0 Å².